The summed E-state index contributed by atoms with van der Waals surface area (Å²) >= 11 is 0. The molecule has 0 radical (unpaired) electrons. The highest BCUT2D eigenvalue weighted by molar-refractivity contribution is 8.51. The van der Waals surface area contributed by atoms with Crippen LogP contribution in [0, 0.1) is 0 Å². The fourth-order valence-electron chi connectivity index (χ4n) is 1.04. The Balaban J connectivity index is 3.95. The van der Waals surface area contributed by atoms with E-state index < -0.39 is 32.2 Å². The fourth-order valence-corrected chi connectivity index (χ4v) is 2.65. The van der Waals surface area contributed by atoms with Crippen LogP contribution in [0.2, 0.25) is 0 Å². The van der Waals surface area contributed by atoms with Crippen LogP contribution < -0.4 is 0 Å². The van der Waals surface area contributed by atoms with Crippen LogP contribution in [0.1, 0.15) is 0 Å². The zero-order chi connectivity index (χ0) is 14.4. The Bertz CT molecular complexity index is 351. The average Bonchev–Trinajstić information content (AvgIpc) is 2.01. The van der Waals surface area contributed by atoms with E-state index in [4.69, 9.17) is 0 Å². The molecule has 0 saturated carbocycles. The predicted octanol–water partition coefficient (Wildman–Crippen LogP) is 4.87. The van der Waals surface area contributed by atoms with Gasteiger partial charge in [0, 0.05) is 0 Å². The lowest BCUT2D eigenvalue weighted by atomic mass is 10.2. The molecule has 0 nitrogen and oxygen atoms in total. The molecule has 106 valence electrons. The Kier molecular flexibility index (Phi) is 1.89. The molecule has 1 saturated heterocycles. The van der Waals surface area contributed by atoms with Gasteiger partial charge in [0.1, 0.15) is 0 Å². The summed E-state index contributed by atoms with van der Waals surface area (Å²) in [4.78, 5) is 0. The molecule has 1 rings (SSSR count). The van der Waals surface area contributed by atoms with Crippen molar-refractivity contribution in [1.29, 1.82) is 0 Å². The molecule has 0 atom stereocenters. The van der Waals surface area contributed by atoms with E-state index in [1.165, 1.54) is 0 Å². The summed E-state index contributed by atoms with van der Waals surface area (Å²) in [6.07, 6.45) is 0. The predicted molar refractivity (Wildman–Crippen MR) is 31.8 cm³/mol. The van der Waals surface area contributed by atoms with Gasteiger partial charge in [-0.1, -0.05) is 0 Å². The first kappa shape index (κ1) is 14.6. The van der Waals surface area contributed by atoms with Crippen LogP contribution in [0.15, 0.2) is 0 Å². The molecule has 0 N–H and O–H groups in total. The van der Waals surface area contributed by atoms with E-state index in [0.717, 1.165) is 0 Å². The first-order valence-electron chi connectivity index (χ1n) is 3.29. The van der Waals surface area contributed by atoms with Gasteiger partial charge in [-0.05, 0) is 0 Å². The summed E-state index contributed by atoms with van der Waals surface area (Å²) in [5.74, 6) is -15.2. The highest BCUT2D eigenvalue weighted by Gasteiger charge is 3.15. The molecule has 0 aromatic carbocycles. The third kappa shape index (κ3) is 0.886. The van der Waals surface area contributed by atoms with Gasteiger partial charge in [-0.15, -0.1) is 15.5 Å². The molecule has 0 amide bonds. The van der Waals surface area contributed by atoms with Gasteiger partial charge in [0.15, 0.2) is 0 Å². The number of rotatable bonds is 0. The summed E-state index contributed by atoms with van der Waals surface area (Å²) in [5.41, 5.74) is 0. The molecule has 0 aromatic rings. The Labute approximate surface area is 84.0 Å². The van der Waals surface area contributed by atoms with E-state index in [1.807, 2.05) is 0 Å². The SMILES string of the molecule is FC1(F)C(F)(F)C(F)(F)S(F)(F)(F)(F)C1(F)F. The molecule has 1 aliphatic heterocycles. The minimum atomic E-state index is -12.4. The molecular weight excluding hydrogens is 308 g/mol. The average molecular weight is 308 g/mol. The van der Waals surface area contributed by atoms with Crippen molar-refractivity contribution >= 4 is 9.84 Å². The number of halogens is 12. The van der Waals surface area contributed by atoms with Crippen molar-refractivity contribution in [1.82, 2.24) is 0 Å². The van der Waals surface area contributed by atoms with Gasteiger partial charge in [-0.2, -0.15) is 35.1 Å². The van der Waals surface area contributed by atoms with Crippen LogP contribution in [-0.2, 0) is 0 Å². The van der Waals surface area contributed by atoms with Gasteiger partial charge >= 0.3 is 22.4 Å². The van der Waals surface area contributed by atoms with Crippen LogP contribution in [-0.4, -0.2) is 22.4 Å². The zero-order valence-corrected chi connectivity index (χ0v) is 7.76. The second-order valence-electron chi connectivity index (χ2n) is 3.25. The second kappa shape index (κ2) is 2.20. The van der Waals surface area contributed by atoms with E-state index in [0.29, 0.717) is 0 Å². The van der Waals surface area contributed by atoms with E-state index in [1.54, 1.807) is 0 Å². The van der Waals surface area contributed by atoms with E-state index in [-0.39, 0.29) is 0 Å². The lowest BCUT2D eigenvalue weighted by Gasteiger charge is -2.51. The Morgan fingerprint density at radius 3 is 0.706 bits per heavy atom. The second-order valence-corrected chi connectivity index (χ2v) is 6.42. The van der Waals surface area contributed by atoms with Crippen molar-refractivity contribution in [3.63, 3.8) is 0 Å². The van der Waals surface area contributed by atoms with Gasteiger partial charge in [-0.3, -0.25) is 0 Å². The Hall–Kier alpha value is -0.490. The molecule has 1 heterocycles. The lowest BCUT2D eigenvalue weighted by Crippen LogP contribution is -2.51. The molecule has 13 heteroatoms. The van der Waals surface area contributed by atoms with Crippen molar-refractivity contribution in [2.45, 2.75) is 22.4 Å². The zero-order valence-electron chi connectivity index (χ0n) is 6.94. The van der Waals surface area contributed by atoms with Crippen LogP contribution in [0.3, 0.4) is 0 Å². The van der Waals surface area contributed by atoms with Gasteiger partial charge in [0.25, 0.3) is 9.84 Å². The first-order valence-corrected chi connectivity index (χ1v) is 5.34. The monoisotopic (exact) mass is 308 g/mol. The lowest BCUT2D eigenvalue weighted by molar-refractivity contribution is -0.303. The topological polar surface area (TPSA) is 0 Å². The highest BCUT2D eigenvalue weighted by atomic mass is 32.5. The molecule has 1 fully saturated rings. The number of hydrogen-bond donors (Lipinski definition) is 0. The van der Waals surface area contributed by atoms with Crippen molar-refractivity contribution < 1.29 is 50.7 Å². The molecule has 0 spiro atoms. The minimum Gasteiger partial charge on any atom is -0.191 e. The molecule has 0 aliphatic carbocycles. The smallest absolute Gasteiger partial charge is 0.191 e. The normalized spacial score (nSPS) is 41.6. The van der Waals surface area contributed by atoms with Gasteiger partial charge in [0.2, 0.25) is 0 Å². The largest absolute Gasteiger partial charge is 0.427 e. The number of alkyl halides is 8. The van der Waals surface area contributed by atoms with E-state index in [9.17, 15) is 50.7 Å². The Morgan fingerprint density at radius 1 is 0.471 bits per heavy atom. The van der Waals surface area contributed by atoms with Crippen molar-refractivity contribution in [2.75, 3.05) is 0 Å². The summed E-state index contributed by atoms with van der Waals surface area (Å²) < 4.78 is 145. The van der Waals surface area contributed by atoms with Crippen molar-refractivity contribution in [3.8, 4) is 0 Å². The van der Waals surface area contributed by atoms with Crippen LogP contribution in [0.4, 0.5) is 50.7 Å². The van der Waals surface area contributed by atoms with Crippen LogP contribution in [0.5, 0.6) is 0 Å². The van der Waals surface area contributed by atoms with E-state index >= 15 is 0 Å². The van der Waals surface area contributed by atoms with Crippen molar-refractivity contribution in [3.05, 3.63) is 0 Å². The maximum atomic E-state index is 12.2. The summed E-state index contributed by atoms with van der Waals surface area (Å²) in [5, 5.41) is -16.3. The third-order valence-electron chi connectivity index (χ3n) is 2.16. The molecule has 1 aliphatic rings. The van der Waals surface area contributed by atoms with Gasteiger partial charge in [-0.25, -0.2) is 0 Å². The van der Waals surface area contributed by atoms with Crippen LogP contribution in [0.25, 0.3) is 0 Å². The molecule has 0 unspecified atom stereocenters. The molecule has 0 aromatic heterocycles. The van der Waals surface area contributed by atoms with Gasteiger partial charge in [0.05, 0.1) is 0 Å². The Morgan fingerprint density at radius 2 is 0.647 bits per heavy atom. The summed E-state index contributed by atoms with van der Waals surface area (Å²) in [6, 6.07) is 0. The van der Waals surface area contributed by atoms with E-state index in [2.05, 4.69) is 0 Å². The maximum absolute atomic E-state index is 12.4. The highest BCUT2D eigenvalue weighted by Crippen LogP contribution is 3.14. The standard InChI is InChI=1S/C4F12S/c5-1(6)2(7,8)4(11,12)17(13,14,15,16)3(1,9)10. The molecule has 0 bridgehead atoms. The van der Waals surface area contributed by atoms with Gasteiger partial charge < -0.3 is 0 Å². The fraction of sp³-hybridized carbons (Fsp3) is 1.00. The third-order valence-corrected chi connectivity index (χ3v) is 4.73. The maximum Gasteiger partial charge on any atom is 0.427 e. The minimum absolute atomic E-state index is 7.59. The molecular formula is C4F12S. The van der Waals surface area contributed by atoms with Crippen molar-refractivity contribution in [2.24, 2.45) is 0 Å². The number of hydrogen-bond acceptors (Lipinski definition) is 0. The van der Waals surface area contributed by atoms with Crippen LogP contribution >= 0.6 is 9.84 Å². The quantitative estimate of drug-likeness (QED) is 0.560. The summed E-state index contributed by atoms with van der Waals surface area (Å²) in [6.45, 7) is 0. The first-order chi connectivity index (χ1) is 6.79. The molecule has 17 heavy (non-hydrogen) atoms. The summed E-state index contributed by atoms with van der Waals surface area (Å²) in [7, 11) is -12.4.